The maximum Gasteiger partial charge on any atom is 0.188 e. The number of aliphatic hydroxyl groups is 1. The van der Waals surface area contributed by atoms with Crippen LogP contribution in [0.2, 0.25) is 0 Å². The molecule has 1 aromatic rings. The third kappa shape index (κ3) is 3.09. The number of rotatable bonds is 4. The molecule has 4 atom stereocenters. The van der Waals surface area contributed by atoms with Crippen molar-refractivity contribution < 1.29 is 5.11 Å². The van der Waals surface area contributed by atoms with Crippen molar-refractivity contribution in [2.24, 2.45) is 11.3 Å². The molecule has 0 radical (unpaired) electrons. The Bertz CT molecular complexity index is 575. The monoisotopic (exact) mass is 336 g/mol. The predicted molar refractivity (Wildman–Crippen MR) is 92.4 cm³/mol. The minimum Gasteiger partial charge on any atom is -0.391 e. The van der Waals surface area contributed by atoms with Crippen LogP contribution in [0.4, 0.5) is 0 Å². The van der Waals surface area contributed by atoms with Crippen molar-refractivity contribution in [3.05, 3.63) is 5.82 Å². The molecule has 1 aliphatic carbocycles. The summed E-state index contributed by atoms with van der Waals surface area (Å²) in [5.41, 5.74) is 0.0969. The Morgan fingerprint density at radius 1 is 1.33 bits per heavy atom. The van der Waals surface area contributed by atoms with E-state index in [1.165, 1.54) is 0 Å². The van der Waals surface area contributed by atoms with Gasteiger partial charge in [-0.25, -0.2) is 0 Å². The van der Waals surface area contributed by atoms with Crippen LogP contribution in [0.1, 0.15) is 53.3 Å². The van der Waals surface area contributed by atoms with Gasteiger partial charge in [0.1, 0.15) is 0 Å². The molecule has 2 fully saturated rings. The van der Waals surface area contributed by atoms with Crippen LogP contribution in [0.25, 0.3) is 0 Å². The summed E-state index contributed by atoms with van der Waals surface area (Å²) in [6.07, 6.45) is 1.62. The first kappa shape index (κ1) is 17.8. The van der Waals surface area contributed by atoms with Crippen molar-refractivity contribution in [2.75, 3.05) is 13.6 Å². The molecule has 24 heavy (non-hydrogen) atoms. The lowest BCUT2D eigenvalue weighted by atomic mass is 9.66. The topological polar surface area (TPSA) is 79.1 Å². The van der Waals surface area contributed by atoms with Crippen molar-refractivity contribution in [2.45, 2.75) is 77.7 Å². The molecule has 2 heterocycles. The number of nitrogens with zero attached hydrogens (tertiary/aromatic N) is 5. The zero-order valence-corrected chi connectivity index (χ0v) is 15.8. The van der Waals surface area contributed by atoms with Crippen molar-refractivity contribution >= 4 is 0 Å². The summed E-state index contributed by atoms with van der Waals surface area (Å²) in [5.74, 6) is 1.30. The third-order valence-electron chi connectivity index (χ3n) is 5.58. The average molecular weight is 336 g/mol. The van der Waals surface area contributed by atoms with Crippen LogP contribution in [0.5, 0.6) is 0 Å². The Morgan fingerprint density at radius 3 is 2.58 bits per heavy atom. The van der Waals surface area contributed by atoms with Crippen molar-refractivity contribution in [3.8, 4) is 0 Å². The SMILES string of the molecule is CC(C)C1N(C)CC12C[C@@H](O)[C@H](NCc1nnn(C(C)(C)C)n1)C2. The van der Waals surface area contributed by atoms with Gasteiger partial charge in [0.25, 0.3) is 0 Å². The first-order chi connectivity index (χ1) is 11.1. The fraction of sp³-hybridized carbons (Fsp3) is 0.941. The quantitative estimate of drug-likeness (QED) is 0.854. The van der Waals surface area contributed by atoms with E-state index in [2.05, 4.69) is 67.3 Å². The molecule has 7 nitrogen and oxygen atoms in total. The van der Waals surface area contributed by atoms with E-state index in [9.17, 15) is 5.11 Å². The van der Waals surface area contributed by atoms with Crippen LogP contribution in [-0.4, -0.2) is 62.0 Å². The molecule has 1 spiro atoms. The van der Waals surface area contributed by atoms with Gasteiger partial charge in [0.15, 0.2) is 5.82 Å². The number of likely N-dealkylation sites (tertiary alicyclic amines) is 1. The third-order valence-corrected chi connectivity index (χ3v) is 5.58. The van der Waals surface area contributed by atoms with Crippen molar-refractivity contribution in [3.63, 3.8) is 0 Å². The predicted octanol–water partition coefficient (Wildman–Crippen LogP) is 0.997. The molecule has 0 amide bonds. The minimum atomic E-state index is -0.294. The average Bonchev–Trinajstić information content (AvgIpc) is 3.00. The van der Waals surface area contributed by atoms with Crippen molar-refractivity contribution in [1.29, 1.82) is 0 Å². The second-order valence-electron chi connectivity index (χ2n) is 9.10. The highest BCUT2D eigenvalue weighted by Crippen LogP contribution is 2.52. The second-order valence-corrected chi connectivity index (χ2v) is 9.10. The number of aromatic nitrogens is 4. The zero-order chi connectivity index (χ0) is 17.7. The summed E-state index contributed by atoms with van der Waals surface area (Å²) < 4.78 is 0. The Morgan fingerprint density at radius 2 is 2.04 bits per heavy atom. The summed E-state index contributed by atoms with van der Waals surface area (Å²) in [7, 11) is 2.19. The fourth-order valence-corrected chi connectivity index (χ4v) is 4.88. The highest BCUT2D eigenvalue weighted by atomic mass is 16.3. The second kappa shape index (κ2) is 6.04. The summed E-state index contributed by atoms with van der Waals surface area (Å²) in [4.78, 5) is 4.07. The van der Waals surface area contributed by atoms with Gasteiger partial charge in [-0.1, -0.05) is 13.8 Å². The fourth-order valence-electron chi connectivity index (χ4n) is 4.88. The first-order valence-electron chi connectivity index (χ1n) is 9.03. The van der Waals surface area contributed by atoms with Gasteiger partial charge in [-0.3, -0.25) is 0 Å². The van der Waals surface area contributed by atoms with Crippen LogP contribution in [0.3, 0.4) is 0 Å². The lowest BCUT2D eigenvalue weighted by molar-refractivity contribution is -0.0828. The van der Waals surface area contributed by atoms with Crippen LogP contribution in [0.15, 0.2) is 0 Å². The highest BCUT2D eigenvalue weighted by Gasteiger charge is 2.57. The van der Waals surface area contributed by atoms with E-state index in [-0.39, 0.29) is 23.1 Å². The molecule has 3 rings (SSSR count). The molecule has 2 N–H and O–H groups in total. The molecule has 0 bridgehead atoms. The van der Waals surface area contributed by atoms with Crippen LogP contribution in [-0.2, 0) is 12.1 Å². The molecule has 2 aliphatic rings. The number of aliphatic hydroxyl groups excluding tert-OH is 1. The standard InChI is InChI=1S/C17H32N6O/c1-11(2)15-17(10-22(15)6)7-12(13(24)8-17)18-9-14-19-21-23(20-14)16(3,4)5/h11-13,15,18,24H,7-10H2,1-6H3/t12-,13-,15?,17?/m1/s1. The normalized spacial score (nSPS) is 34.2. The lowest BCUT2D eigenvalue weighted by Crippen LogP contribution is -2.64. The minimum absolute atomic E-state index is 0.113. The van der Waals surface area contributed by atoms with Gasteiger partial charge in [-0.2, -0.15) is 4.80 Å². The Hall–Kier alpha value is -1.05. The van der Waals surface area contributed by atoms with E-state index in [0.29, 0.717) is 24.3 Å². The lowest BCUT2D eigenvalue weighted by Gasteiger charge is -2.57. The summed E-state index contributed by atoms with van der Waals surface area (Å²) >= 11 is 0. The molecule has 2 unspecified atom stereocenters. The number of nitrogens with one attached hydrogen (secondary N) is 1. The van der Waals surface area contributed by atoms with Gasteiger partial charge in [0, 0.05) is 24.0 Å². The largest absolute Gasteiger partial charge is 0.391 e. The van der Waals surface area contributed by atoms with E-state index in [4.69, 9.17) is 0 Å². The van der Waals surface area contributed by atoms with Gasteiger partial charge in [-0.05, 0) is 51.8 Å². The molecule has 1 saturated carbocycles. The van der Waals surface area contributed by atoms with E-state index in [1.54, 1.807) is 4.80 Å². The molecule has 1 aliphatic heterocycles. The van der Waals surface area contributed by atoms with E-state index >= 15 is 0 Å². The maximum absolute atomic E-state index is 10.5. The highest BCUT2D eigenvalue weighted by molar-refractivity contribution is 5.12. The molecule has 0 aromatic carbocycles. The smallest absolute Gasteiger partial charge is 0.188 e. The Kier molecular flexibility index (Phi) is 4.47. The molecular weight excluding hydrogens is 304 g/mol. The van der Waals surface area contributed by atoms with Gasteiger partial charge in [0.05, 0.1) is 18.2 Å². The Balaban J connectivity index is 1.60. The number of tetrazole rings is 1. The van der Waals surface area contributed by atoms with Crippen LogP contribution < -0.4 is 5.32 Å². The summed E-state index contributed by atoms with van der Waals surface area (Å²) in [6.45, 7) is 12.4. The van der Waals surface area contributed by atoms with Gasteiger partial charge < -0.3 is 15.3 Å². The maximum atomic E-state index is 10.5. The van der Waals surface area contributed by atoms with E-state index < -0.39 is 0 Å². The summed E-state index contributed by atoms with van der Waals surface area (Å²) in [5, 5.41) is 26.7. The molecule has 1 saturated heterocycles. The molecule has 136 valence electrons. The van der Waals surface area contributed by atoms with Gasteiger partial charge in [-0.15, -0.1) is 10.2 Å². The molecular formula is C17H32N6O. The Labute approximate surface area is 144 Å². The number of hydrogen-bond donors (Lipinski definition) is 2. The first-order valence-corrected chi connectivity index (χ1v) is 9.03. The van der Waals surface area contributed by atoms with Crippen LogP contribution >= 0.6 is 0 Å². The molecule has 1 aromatic heterocycles. The van der Waals surface area contributed by atoms with E-state index in [1.807, 2.05) is 0 Å². The molecule has 7 heteroatoms. The van der Waals surface area contributed by atoms with Crippen LogP contribution in [0, 0.1) is 11.3 Å². The number of hydrogen-bond acceptors (Lipinski definition) is 6. The van der Waals surface area contributed by atoms with Crippen molar-refractivity contribution in [1.82, 2.24) is 30.4 Å². The summed E-state index contributed by atoms with van der Waals surface area (Å²) in [6, 6.07) is 0.681. The van der Waals surface area contributed by atoms with Gasteiger partial charge in [0.2, 0.25) is 0 Å². The van der Waals surface area contributed by atoms with Gasteiger partial charge >= 0.3 is 0 Å². The zero-order valence-electron chi connectivity index (χ0n) is 15.8. The van der Waals surface area contributed by atoms with E-state index in [0.717, 1.165) is 19.4 Å².